The van der Waals surface area contributed by atoms with E-state index >= 15 is 0 Å². The zero-order valence-electron chi connectivity index (χ0n) is 20.2. The Morgan fingerprint density at radius 1 is 1.00 bits per heavy atom. The lowest BCUT2D eigenvalue weighted by Crippen LogP contribution is -2.54. The number of rotatable bonds is 3. The molecule has 164 valence electrons. The fourth-order valence-corrected chi connectivity index (χ4v) is 4.34. The van der Waals surface area contributed by atoms with Gasteiger partial charge in [-0.05, 0) is 58.0 Å². The fraction of sp³-hybridized carbons (Fsp3) is 0.500. The monoisotopic (exact) mass is 408 g/mol. The number of imidazole rings is 1. The maximum Gasteiger partial charge on any atom is 0.140 e. The van der Waals surface area contributed by atoms with Crippen LogP contribution in [-0.2, 0) is 7.05 Å². The Morgan fingerprint density at radius 3 is 2.33 bits per heavy atom. The second-order valence-electron chi connectivity index (χ2n) is 7.98. The summed E-state index contributed by atoms with van der Waals surface area (Å²) in [7, 11) is 4.17. The average Bonchev–Trinajstić information content (AvgIpc) is 3.12. The van der Waals surface area contributed by atoms with Gasteiger partial charge >= 0.3 is 0 Å². The van der Waals surface area contributed by atoms with Gasteiger partial charge in [0.15, 0.2) is 0 Å². The highest BCUT2D eigenvalue weighted by molar-refractivity contribution is 5.81. The first-order chi connectivity index (χ1) is 14.5. The molecule has 1 saturated heterocycles. The van der Waals surface area contributed by atoms with E-state index in [1.807, 2.05) is 33.8 Å². The molecule has 0 amide bonds. The topological polar surface area (TPSA) is 33.1 Å². The van der Waals surface area contributed by atoms with Crippen LogP contribution in [0, 0.1) is 0 Å². The van der Waals surface area contributed by atoms with Gasteiger partial charge in [-0.3, -0.25) is 0 Å². The molecule has 2 heterocycles. The molecule has 3 aromatic rings. The quantitative estimate of drug-likeness (QED) is 0.555. The summed E-state index contributed by atoms with van der Waals surface area (Å²) in [6.45, 7) is 13.8. The minimum Gasteiger partial charge on any atom is -0.366 e. The van der Waals surface area contributed by atoms with Crippen LogP contribution in [0.3, 0.4) is 0 Å². The highest BCUT2D eigenvalue weighted by atomic mass is 15.2. The first kappa shape index (κ1) is 23.9. The molecule has 1 unspecified atom stereocenters. The van der Waals surface area contributed by atoms with E-state index in [9.17, 15) is 0 Å². The Labute approximate surface area is 183 Å². The van der Waals surface area contributed by atoms with E-state index in [1.165, 1.54) is 23.2 Å². The number of nitrogens with zero attached hydrogens (tertiary/aromatic N) is 3. The van der Waals surface area contributed by atoms with Gasteiger partial charge < -0.3 is 14.8 Å². The van der Waals surface area contributed by atoms with Crippen molar-refractivity contribution in [2.75, 3.05) is 18.5 Å². The van der Waals surface area contributed by atoms with Crippen molar-refractivity contribution in [2.24, 2.45) is 7.05 Å². The molecule has 0 saturated carbocycles. The first-order valence-corrected chi connectivity index (χ1v) is 11.5. The van der Waals surface area contributed by atoms with Crippen molar-refractivity contribution in [3.63, 3.8) is 0 Å². The molecule has 1 atom stereocenters. The van der Waals surface area contributed by atoms with Gasteiger partial charge in [-0.2, -0.15) is 0 Å². The Morgan fingerprint density at radius 2 is 1.70 bits per heavy atom. The van der Waals surface area contributed by atoms with Crippen molar-refractivity contribution in [3.8, 4) is 11.4 Å². The van der Waals surface area contributed by atoms with Crippen LogP contribution in [0.1, 0.15) is 54.4 Å². The minimum atomic E-state index is 0.136. The van der Waals surface area contributed by atoms with Gasteiger partial charge in [0, 0.05) is 36.4 Å². The van der Waals surface area contributed by atoms with Crippen molar-refractivity contribution < 1.29 is 0 Å². The summed E-state index contributed by atoms with van der Waals surface area (Å²) in [5.41, 5.74) is 4.81. The predicted molar refractivity (Wildman–Crippen MR) is 132 cm³/mol. The molecular formula is C26H40N4. The number of piperidine rings is 1. The summed E-state index contributed by atoms with van der Waals surface area (Å²) in [5.74, 6) is 1.02. The van der Waals surface area contributed by atoms with E-state index in [-0.39, 0.29) is 5.54 Å². The lowest BCUT2D eigenvalue weighted by Gasteiger charge is -2.47. The van der Waals surface area contributed by atoms with E-state index in [2.05, 4.69) is 85.2 Å². The van der Waals surface area contributed by atoms with Crippen molar-refractivity contribution in [1.29, 1.82) is 0 Å². The van der Waals surface area contributed by atoms with Gasteiger partial charge in [0.25, 0.3) is 0 Å². The highest BCUT2D eigenvalue weighted by Gasteiger charge is 2.34. The number of hydrogen-bond donors (Lipinski definition) is 1. The normalized spacial score (nSPS) is 17.6. The molecule has 2 aromatic carbocycles. The lowest BCUT2D eigenvalue weighted by atomic mass is 9.86. The molecule has 1 aliphatic rings. The molecule has 1 N–H and O–H groups in total. The fourth-order valence-electron chi connectivity index (χ4n) is 4.34. The summed E-state index contributed by atoms with van der Waals surface area (Å²) < 4.78 is 2.19. The van der Waals surface area contributed by atoms with Crippen LogP contribution in [0.2, 0.25) is 0 Å². The third-order valence-corrected chi connectivity index (χ3v) is 5.79. The summed E-state index contributed by atoms with van der Waals surface area (Å²) in [4.78, 5) is 7.41. The zero-order valence-corrected chi connectivity index (χ0v) is 20.2. The summed E-state index contributed by atoms with van der Waals surface area (Å²) >= 11 is 0. The van der Waals surface area contributed by atoms with E-state index in [0.29, 0.717) is 6.04 Å². The maximum absolute atomic E-state index is 4.86. The lowest BCUT2D eigenvalue weighted by molar-refractivity contribution is 0.302. The summed E-state index contributed by atoms with van der Waals surface area (Å²) in [5, 5.41) is 3.45. The van der Waals surface area contributed by atoms with Crippen LogP contribution in [-0.4, -0.2) is 34.7 Å². The van der Waals surface area contributed by atoms with E-state index < -0.39 is 0 Å². The number of aryl methyl sites for hydroxylation is 1. The molecule has 0 bridgehead atoms. The van der Waals surface area contributed by atoms with Crippen LogP contribution in [0.4, 0.5) is 5.69 Å². The molecule has 0 aliphatic carbocycles. The average molecular weight is 409 g/mol. The Kier molecular flexibility index (Phi) is 8.48. The molecule has 4 heteroatoms. The largest absolute Gasteiger partial charge is 0.366 e. The predicted octanol–water partition coefficient (Wildman–Crippen LogP) is 6.26. The van der Waals surface area contributed by atoms with Gasteiger partial charge in [0.05, 0.1) is 11.0 Å². The smallest absolute Gasteiger partial charge is 0.140 e. The molecule has 0 radical (unpaired) electrons. The molecule has 0 spiro atoms. The number of fused-ring (bicyclic) bond motifs is 1. The molecule has 1 aliphatic heterocycles. The Hall–Kier alpha value is -2.33. The number of aromatic nitrogens is 2. The Balaban J connectivity index is 0.000000757. The highest BCUT2D eigenvalue weighted by Crippen LogP contribution is 2.35. The van der Waals surface area contributed by atoms with Crippen molar-refractivity contribution >= 4 is 16.7 Å². The van der Waals surface area contributed by atoms with Crippen LogP contribution >= 0.6 is 0 Å². The molecule has 4 nitrogen and oxygen atoms in total. The first-order valence-electron chi connectivity index (χ1n) is 11.5. The van der Waals surface area contributed by atoms with Crippen LogP contribution in [0.25, 0.3) is 22.4 Å². The molecule has 1 aromatic heterocycles. The van der Waals surface area contributed by atoms with Gasteiger partial charge in [0.1, 0.15) is 5.82 Å². The van der Waals surface area contributed by atoms with E-state index in [4.69, 9.17) is 4.98 Å². The second kappa shape index (κ2) is 10.6. The van der Waals surface area contributed by atoms with E-state index in [0.717, 1.165) is 24.3 Å². The third kappa shape index (κ3) is 4.86. The van der Waals surface area contributed by atoms with E-state index in [1.54, 1.807) is 0 Å². The third-order valence-electron chi connectivity index (χ3n) is 5.79. The molecular weight excluding hydrogens is 368 g/mol. The number of hydrogen-bond acceptors (Lipinski definition) is 3. The number of benzene rings is 2. The minimum absolute atomic E-state index is 0.136. The Bertz CT molecular complexity index is 926. The standard InChI is InChI=1S/C22H28N4.2C2H6/c1-22(2)15-17(23-3)12-13-26(22)18-9-7-8-16(14-18)21-24-19-10-5-6-11-20(19)25(21)4;2*1-2/h5-11,14,17,23H,12-13,15H2,1-4H3;2*1-2H3. The maximum atomic E-state index is 4.86. The molecule has 1 fully saturated rings. The van der Waals surface area contributed by atoms with Crippen LogP contribution in [0.5, 0.6) is 0 Å². The van der Waals surface area contributed by atoms with Crippen molar-refractivity contribution in [2.45, 2.75) is 66.0 Å². The summed E-state index contributed by atoms with van der Waals surface area (Å²) in [6, 6.07) is 17.8. The molecule has 4 rings (SSSR count). The number of para-hydroxylation sites is 2. The SMILES string of the molecule is CC.CC.CNC1CCN(c2cccc(-c3nc4ccccc4n3C)c2)C(C)(C)C1. The van der Waals surface area contributed by atoms with Gasteiger partial charge in [-0.15, -0.1) is 0 Å². The zero-order chi connectivity index (χ0) is 22.3. The molecule has 30 heavy (non-hydrogen) atoms. The van der Waals surface area contributed by atoms with Gasteiger partial charge in [0.2, 0.25) is 0 Å². The van der Waals surface area contributed by atoms with Gasteiger partial charge in [-0.1, -0.05) is 52.0 Å². The second-order valence-corrected chi connectivity index (χ2v) is 7.98. The van der Waals surface area contributed by atoms with Crippen molar-refractivity contribution in [1.82, 2.24) is 14.9 Å². The number of anilines is 1. The van der Waals surface area contributed by atoms with Gasteiger partial charge in [-0.25, -0.2) is 4.98 Å². The van der Waals surface area contributed by atoms with Crippen molar-refractivity contribution in [3.05, 3.63) is 48.5 Å². The van der Waals surface area contributed by atoms with Crippen LogP contribution < -0.4 is 10.2 Å². The summed E-state index contributed by atoms with van der Waals surface area (Å²) in [6.07, 6.45) is 2.33. The van der Waals surface area contributed by atoms with Crippen LogP contribution in [0.15, 0.2) is 48.5 Å². The number of nitrogens with one attached hydrogen (secondary N) is 1.